The molecule has 0 bridgehead atoms. The molecule has 120 valence electrons. The highest BCUT2D eigenvalue weighted by atomic mass is 19.4. The van der Waals surface area contributed by atoms with E-state index in [1.807, 2.05) is 32.8 Å². The van der Waals surface area contributed by atoms with E-state index in [2.05, 4.69) is 5.32 Å². The van der Waals surface area contributed by atoms with Crippen LogP contribution in [0.2, 0.25) is 0 Å². The molecule has 0 fully saturated rings. The number of alkyl halides is 3. The second-order valence-corrected chi connectivity index (χ2v) is 5.56. The minimum atomic E-state index is -4.70. The SMILES string of the molecule is CCC(C)(C(NC)c1ccc(F)c(C(F)(F)F)c1)N(C)C. The predicted molar refractivity (Wildman–Crippen MR) is 75.6 cm³/mol. The van der Waals surface area contributed by atoms with Crippen molar-refractivity contribution in [2.24, 2.45) is 0 Å². The van der Waals surface area contributed by atoms with Gasteiger partial charge in [-0.15, -0.1) is 0 Å². The highest BCUT2D eigenvalue weighted by Crippen LogP contribution is 2.37. The second kappa shape index (κ2) is 6.32. The number of hydrogen-bond donors (Lipinski definition) is 1. The Labute approximate surface area is 123 Å². The number of rotatable bonds is 5. The van der Waals surface area contributed by atoms with Crippen LogP contribution in [0.3, 0.4) is 0 Å². The van der Waals surface area contributed by atoms with Crippen molar-refractivity contribution >= 4 is 0 Å². The van der Waals surface area contributed by atoms with Gasteiger partial charge < -0.3 is 10.2 Å². The predicted octanol–water partition coefficient (Wildman–Crippen LogP) is 3.84. The first-order chi connectivity index (χ1) is 9.57. The smallest absolute Gasteiger partial charge is 0.311 e. The fraction of sp³-hybridized carbons (Fsp3) is 0.600. The Balaban J connectivity index is 3.37. The van der Waals surface area contributed by atoms with Crippen molar-refractivity contribution < 1.29 is 17.6 Å². The van der Waals surface area contributed by atoms with Crippen LogP contribution in [-0.2, 0) is 6.18 Å². The van der Waals surface area contributed by atoms with E-state index in [0.717, 1.165) is 18.6 Å². The van der Waals surface area contributed by atoms with E-state index in [4.69, 9.17) is 0 Å². The molecule has 1 rings (SSSR count). The van der Waals surface area contributed by atoms with Crippen LogP contribution in [-0.4, -0.2) is 31.6 Å². The quantitative estimate of drug-likeness (QED) is 0.832. The molecule has 0 spiro atoms. The molecule has 2 atom stereocenters. The maximum Gasteiger partial charge on any atom is 0.419 e. The zero-order chi connectivity index (χ0) is 16.4. The van der Waals surface area contributed by atoms with Crippen LogP contribution in [0.4, 0.5) is 17.6 Å². The molecule has 0 aromatic heterocycles. The minimum Gasteiger partial charge on any atom is -0.311 e. The molecule has 1 N–H and O–H groups in total. The van der Waals surface area contributed by atoms with Crippen molar-refractivity contribution in [3.05, 3.63) is 35.1 Å². The number of nitrogens with zero attached hydrogens (tertiary/aromatic N) is 1. The third-order valence-electron chi connectivity index (χ3n) is 4.28. The second-order valence-electron chi connectivity index (χ2n) is 5.56. The molecule has 0 saturated carbocycles. The van der Waals surface area contributed by atoms with Gasteiger partial charge in [-0.1, -0.05) is 13.0 Å². The van der Waals surface area contributed by atoms with E-state index in [1.54, 1.807) is 7.05 Å². The summed E-state index contributed by atoms with van der Waals surface area (Å²) in [6, 6.07) is 2.84. The molecule has 0 aliphatic heterocycles. The maximum absolute atomic E-state index is 13.4. The Bertz CT molecular complexity index is 485. The van der Waals surface area contributed by atoms with Crippen LogP contribution in [0.25, 0.3) is 0 Å². The molecule has 6 heteroatoms. The molecule has 2 unspecified atom stereocenters. The summed E-state index contributed by atoms with van der Waals surface area (Å²) in [5.41, 5.74) is -1.20. The standard InChI is InChI=1S/C15H22F4N2/c1-6-14(2,21(4)5)13(20-3)10-7-8-12(16)11(9-10)15(17,18)19/h7-9,13,20H,6H2,1-5H3. The summed E-state index contributed by atoms with van der Waals surface area (Å²) in [5.74, 6) is -1.25. The van der Waals surface area contributed by atoms with Crippen LogP contribution >= 0.6 is 0 Å². The number of hydrogen-bond acceptors (Lipinski definition) is 2. The van der Waals surface area contributed by atoms with E-state index in [0.29, 0.717) is 5.56 Å². The number of benzene rings is 1. The van der Waals surface area contributed by atoms with Crippen molar-refractivity contribution in [2.75, 3.05) is 21.1 Å². The molecule has 1 aromatic carbocycles. The summed E-state index contributed by atoms with van der Waals surface area (Å²) in [6.07, 6.45) is -3.97. The van der Waals surface area contributed by atoms with Gasteiger partial charge in [0.15, 0.2) is 0 Å². The zero-order valence-corrected chi connectivity index (χ0v) is 13.0. The van der Waals surface area contributed by atoms with Crippen LogP contribution in [0.5, 0.6) is 0 Å². The van der Waals surface area contributed by atoms with Crippen molar-refractivity contribution in [1.82, 2.24) is 10.2 Å². The lowest BCUT2D eigenvalue weighted by Crippen LogP contribution is -2.50. The highest BCUT2D eigenvalue weighted by molar-refractivity contribution is 5.31. The highest BCUT2D eigenvalue weighted by Gasteiger charge is 2.38. The maximum atomic E-state index is 13.4. The molecule has 1 aromatic rings. The lowest BCUT2D eigenvalue weighted by atomic mass is 9.83. The Kier molecular flexibility index (Phi) is 5.39. The van der Waals surface area contributed by atoms with E-state index in [-0.39, 0.29) is 6.04 Å². The first kappa shape index (κ1) is 17.9. The average Bonchev–Trinajstić information content (AvgIpc) is 2.39. The fourth-order valence-corrected chi connectivity index (χ4v) is 2.55. The lowest BCUT2D eigenvalue weighted by Gasteiger charge is -2.43. The Morgan fingerprint density at radius 3 is 2.19 bits per heavy atom. The van der Waals surface area contributed by atoms with Crippen molar-refractivity contribution in [3.8, 4) is 0 Å². The molecule has 0 saturated heterocycles. The van der Waals surface area contributed by atoms with Gasteiger partial charge >= 0.3 is 6.18 Å². The normalized spacial score (nSPS) is 16.9. The van der Waals surface area contributed by atoms with Gasteiger partial charge in [0.2, 0.25) is 0 Å². The Hall–Kier alpha value is -1.14. The monoisotopic (exact) mass is 306 g/mol. The molecular weight excluding hydrogens is 284 g/mol. The molecule has 0 amide bonds. The van der Waals surface area contributed by atoms with Crippen LogP contribution in [0.1, 0.15) is 37.4 Å². The summed E-state index contributed by atoms with van der Waals surface area (Å²) >= 11 is 0. The van der Waals surface area contributed by atoms with E-state index in [1.165, 1.54) is 6.07 Å². The third kappa shape index (κ3) is 3.55. The van der Waals surface area contributed by atoms with Gasteiger partial charge in [-0.3, -0.25) is 0 Å². The minimum absolute atomic E-state index is 0.348. The number of likely N-dealkylation sites (N-methyl/N-ethyl adjacent to an activating group) is 2. The van der Waals surface area contributed by atoms with Gasteiger partial charge in [0.1, 0.15) is 5.82 Å². The van der Waals surface area contributed by atoms with Crippen molar-refractivity contribution in [3.63, 3.8) is 0 Å². The lowest BCUT2D eigenvalue weighted by molar-refractivity contribution is -0.140. The summed E-state index contributed by atoms with van der Waals surface area (Å²) in [4.78, 5) is 1.96. The van der Waals surface area contributed by atoms with Gasteiger partial charge in [0.25, 0.3) is 0 Å². The molecular formula is C15H22F4N2. The van der Waals surface area contributed by atoms with Gasteiger partial charge in [0, 0.05) is 5.54 Å². The number of halogens is 4. The van der Waals surface area contributed by atoms with Gasteiger partial charge in [-0.25, -0.2) is 4.39 Å². The molecule has 21 heavy (non-hydrogen) atoms. The first-order valence-electron chi connectivity index (χ1n) is 6.79. The van der Waals surface area contributed by atoms with Crippen LogP contribution in [0, 0.1) is 5.82 Å². The summed E-state index contributed by atoms with van der Waals surface area (Å²) in [6.45, 7) is 3.93. The van der Waals surface area contributed by atoms with E-state index < -0.39 is 23.1 Å². The van der Waals surface area contributed by atoms with Crippen LogP contribution in [0.15, 0.2) is 18.2 Å². The molecule has 0 radical (unpaired) electrons. The van der Waals surface area contributed by atoms with Crippen LogP contribution < -0.4 is 5.32 Å². The summed E-state index contributed by atoms with van der Waals surface area (Å²) in [7, 11) is 5.45. The summed E-state index contributed by atoms with van der Waals surface area (Å²) < 4.78 is 52.0. The molecule has 0 aliphatic rings. The Morgan fingerprint density at radius 2 is 1.81 bits per heavy atom. The van der Waals surface area contributed by atoms with Crippen molar-refractivity contribution in [2.45, 2.75) is 38.0 Å². The summed E-state index contributed by atoms with van der Waals surface area (Å²) in [5, 5.41) is 3.06. The largest absolute Gasteiger partial charge is 0.419 e. The average molecular weight is 306 g/mol. The zero-order valence-electron chi connectivity index (χ0n) is 13.0. The molecule has 2 nitrogen and oxygen atoms in total. The van der Waals surface area contributed by atoms with Crippen molar-refractivity contribution in [1.29, 1.82) is 0 Å². The van der Waals surface area contributed by atoms with Gasteiger partial charge in [-0.2, -0.15) is 13.2 Å². The molecule has 0 aliphatic carbocycles. The third-order valence-corrected chi connectivity index (χ3v) is 4.28. The first-order valence-corrected chi connectivity index (χ1v) is 6.79. The fourth-order valence-electron chi connectivity index (χ4n) is 2.55. The van der Waals surface area contributed by atoms with Gasteiger partial charge in [-0.05, 0) is 52.2 Å². The van der Waals surface area contributed by atoms with E-state index >= 15 is 0 Å². The molecule has 0 heterocycles. The number of nitrogens with one attached hydrogen (secondary N) is 1. The van der Waals surface area contributed by atoms with Gasteiger partial charge in [0.05, 0.1) is 11.6 Å². The Morgan fingerprint density at radius 1 is 1.24 bits per heavy atom. The van der Waals surface area contributed by atoms with E-state index in [9.17, 15) is 17.6 Å². The topological polar surface area (TPSA) is 15.3 Å².